The first kappa shape index (κ1) is 19.7. The SMILES string of the molecule is FC(F)N(C1CCC1)C1CCC2(CC1)CCN(CC1CCC3(CC1)CC3)CC2. The summed E-state index contributed by atoms with van der Waals surface area (Å²) in [4.78, 5) is 4.34. The van der Waals surface area contributed by atoms with Crippen molar-refractivity contribution in [2.75, 3.05) is 19.6 Å². The maximum Gasteiger partial charge on any atom is 0.295 e. The van der Waals surface area contributed by atoms with Gasteiger partial charge in [0.25, 0.3) is 6.55 Å². The number of nitrogens with zero attached hydrogens (tertiary/aromatic N) is 2. The van der Waals surface area contributed by atoms with Crippen LogP contribution in [0.2, 0.25) is 0 Å². The zero-order valence-electron chi connectivity index (χ0n) is 17.7. The number of halogens is 2. The Bertz CT molecular complexity index is 515. The predicted octanol–water partition coefficient (Wildman–Crippen LogP) is 6.06. The molecule has 4 aliphatic carbocycles. The van der Waals surface area contributed by atoms with E-state index in [0.717, 1.165) is 43.4 Å². The molecule has 2 nitrogen and oxygen atoms in total. The Kier molecular flexibility index (Phi) is 5.49. The van der Waals surface area contributed by atoms with Crippen LogP contribution >= 0.6 is 0 Å². The summed E-state index contributed by atoms with van der Waals surface area (Å²) in [6.45, 7) is 1.59. The molecule has 0 aromatic heterocycles. The van der Waals surface area contributed by atoms with Crippen LogP contribution in [0.3, 0.4) is 0 Å². The van der Waals surface area contributed by atoms with E-state index >= 15 is 0 Å². The maximum atomic E-state index is 13.6. The Morgan fingerprint density at radius 2 is 1.25 bits per heavy atom. The Balaban J connectivity index is 1.07. The fourth-order valence-corrected chi connectivity index (χ4v) is 7.04. The van der Waals surface area contributed by atoms with Crippen molar-refractivity contribution >= 4 is 0 Å². The second kappa shape index (κ2) is 7.80. The van der Waals surface area contributed by atoms with Crippen LogP contribution in [0, 0.1) is 16.7 Å². The molecular weight excluding hydrogens is 354 g/mol. The second-order valence-electron chi connectivity index (χ2n) is 11.3. The first-order valence-corrected chi connectivity index (χ1v) is 12.3. The zero-order chi connectivity index (χ0) is 19.2. The molecule has 160 valence electrons. The molecule has 1 heterocycles. The van der Waals surface area contributed by atoms with Gasteiger partial charge in [0.05, 0.1) is 0 Å². The van der Waals surface area contributed by atoms with Gasteiger partial charge >= 0.3 is 0 Å². The number of piperidine rings is 1. The molecule has 0 bridgehead atoms. The number of alkyl halides is 2. The van der Waals surface area contributed by atoms with Gasteiger partial charge < -0.3 is 4.90 Å². The average Bonchev–Trinajstić information content (AvgIpc) is 3.42. The van der Waals surface area contributed by atoms with Crippen LogP contribution in [0.1, 0.15) is 96.3 Å². The van der Waals surface area contributed by atoms with Gasteiger partial charge in [0, 0.05) is 18.6 Å². The van der Waals surface area contributed by atoms with Gasteiger partial charge in [0.2, 0.25) is 0 Å². The summed E-state index contributed by atoms with van der Waals surface area (Å²) in [7, 11) is 0. The second-order valence-corrected chi connectivity index (χ2v) is 11.3. The minimum Gasteiger partial charge on any atom is -0.303 e. The van der Waals surface area contributed by atoms with Gasteiger partial charge in [-0.15, -0.1) is 0 Å². The van der Waals surface area contributed by atoms with E-state index in [0.29, 0.717) is 5.41 Å². The molecule has 1 saturated heterocycles. The van der Waals surface area contributed by atoms with Crippen molar-refractivity contribution in [2.45, 2.75) is 115 Å². The van der Waals surface area contributed by atoms with E-state index in [1.54, 1.807) is 4.90 Å². The third-order valence-electron chi connectivity index (χ3n) is 9.72. The van der Waals surface area contributed by atoms with Crippen LogP contribution in [-0.2, 0) is 0 Å². The molecule has 0 N–H and O–H groups in total. The van der Waals surface area contributed by atoms with Gasteiger partial charge in [-0.2, -0.15) is 8.78 Å². The molecule has 0 unspecified atom stereocenters. The molecular formula is C24H40F2N2. The maximum absolute atomic E-state index is 13.6. The monoisotopic (exact) mass is 394 g/mol. The number of likely N-dealkylation sites (tertiary alicyclic amines) is 1. The standard InChI is InChI=1S/C24H40F2N2/c25-22(26)28(20-2-1-3-20)21-6-10-24(11-7-21)14-16-27(17-15-24)18-19-4-8-23(9-5-19)12-13-23/h19-22H,1-18H2. The fraction of sp³-hybridized carbons (Fsp3) is 1.00. The van der Waals surface area contributed by atoms with Crippen molar-refractivity contribution in [3.05, 3.63) is 0 Å². The topological polar surface area (TPSA) is 6.48 Å². The molecule has 5 fully saturated rings. The van der Waals surface area contributed by atoms with Crippen LogP contribution in [0.15, 0.2) is 0 Å². The van der Waals surface area contributed by atoms with Crippen molar-refractivity contribution in [1.82, 2.24) is 9.80 Å². The summed E-state index contributed by atoms with van der Waals surface area (Å²) in [6.07, 6.45) is 19.1. The number of hydrogen-bond acceptors (Lipinski definition) is 2. The van der Waals surface area contributed by atoms with Gasteiger partial charge in [-0.1, -0.05) is 6.42 Å². The van der Waals surface area contributed by atoms with Gasteiger partial charge in [-0.3, -0.25) is 0 Å². The molecule has 0 aromatic carbocycles. The van der Waals surface area contributed by atoms with Crippen molar-refractivity contribution in [3.8, 4) is 0 Å². The van der Waals surface area contributed by atoms with Crippen molar-refractivity contribution in [3.63, 3.8) is 0 Å². The van der Waals surface area contributed by atoms with Crippen LogP contribution in [0.25, 0.3) is 0 Å². The van der Waals surface area contributed by atoms with Crippen molar-refractivity contribution < 1.29 is 8.78 Å². The molecule has 1 aliphatic heterocycles. The van der Waals surface area contributed by atoms with E-state index < -0.39 is 6.55 Å². The molecule has 0 aromatic rings. The van der Waals surface area contributed by atoms with Crippen molar-refractivity contribution in [1.29, 1.82) is 0 Å². The molecule has 4 heteroatoms. The third-order valence-corrected chi connectivity index (χ3v) is 9.72. The normalized spacial score (nSPS) is 33.6. The van der Waals surface area contributed by atoms with Crippen molar-refractivity contribution in [2.24, 2.45) is 16.7 Å². The number of rotatable bonds is 5. The van der Waals surface area contributed by atoms with E-state index in [4.69, 9.17) is 0 Å². The molecule has 4 saturated carbocycles. The lowest BCUT2D eigenvalue weighted by Crippen LogP contribution is -2.52. The van der Waals surface area contributed by atoms with Gasteiger partial charge in [-0.05, 0) is 120 Å². The minimum absolute atomic E-state index is 0.144. The van der Waals surface area contributed by atoms with Crippen LogP contribution in [0.5, 0.6) is 0 Å². The molecule has 5 rings (SSSR count). The van der Waals surface area contributed by atoms with Crippen LogP contribution in [0.4, 0.5) is 8.78 Å². The third kappa shape index (κ3) is 4.02. The van der Waals surface area contributed by atoms with Crippen LogP contribution < -0.4 is 0 Å². The highest BCUT2D eigenvalue weighted by atomic mass is 19.3. The summed E-state index contributed by atoms with van der Waals surface area (Å²) in [5, 5.41) is 0. The first-order chi connectivity index (χ1) is 13.6. The molecule has 0 atom stereocenters. The first-order valence-electron chi connectivity index (χ1n) is 12.3. The highest BCUT2D eigenvalue weighted by Crippen LogP contribution is 2.57. The van der Waals surface area contributed by atoms with Gasteiger partial charge in [0.1, 0.15) is 0 Å². The fourth-order valence-electron chi connectivity index (χ4n) is 7.04. The Morgan fingerprint density at radius 1 is 0.714 bits per heavy atom. The van der Waals surface area contributed by atoms with E-state index in [1.807, 2.05) is 0 Å². The smallest absolute Gasteiger partial charge is 0.295 e. The van der Waals surface area contributed by atoms with E-state index in [2.05, 4.69) is 4.90 Å². The quantitative estimate of drug-likeness (QED) is 0.523. The highest BCUT2D eigenvalue weighted by Gasteiger charge is 2.46. The molecule has 2 spiro atoms. The molecule has 0 amide bonds. The largest absolute Gasteiger partial charge is 0.303 e. The summed E-state index contributed by atoms with van der Waals surface area (Å²) >= 11 is 0. The number of hydrogen-bond donors (Lipinski definition) is 0. The van der Waals surface area contributed by atoms with Crippen LogP contribution in [-0.4, -0.2) is 48.1 Å². The predicted molar refractivity (Wildman–Crippen MR) is 109 cm³/mol. The van der Waals surface area contributed by atoms with E-state index in [9.17, 15) is 8.78 Å². The molecule has 5 aliphatic rings. The Hall–Kier alpha value is -0.220. The zero-order valence-corrected chi connectivity index (χ0v) is 17.7. The summed E-state index contributed by atoms with van der Waals surface area (Å²) in [5.74, 6) is 0.943. The lowest BCUT2D eigenvalue weighted by Gasteiger charge is -2.50. The van der Waals surface area contributed by atoms with E-state index in [1.165, 1.54) is 83.8 Å². The summed E-state index contributed by atoms with van der Waals surface area (Å²) in [6, 6.07) is 0.317. The van der Waals surface area contributed by atoms with Gasteiger partial charge in [0.15, 0.2) is 0 Å². The lowest BCUT2D eigenvalue weighted by molar-refractivity contribution is -0.114. The lowest BCUT2D eigenvalue weighted by atomic mass is 9.66. The Labute approximate surface area is 170 Å². The molecule has 0 radical (unpaired) electrons. The van der Waals surface area contributed by atoms with Gasteiger partial charge in [-0.25, -0.2) is 4.90 Å². The minimum atomic E-state index is -2.25. The summed E-state index contributed by atoms with van der Waals surface area (Å²) < 4.78 is 27.3. The summed E-state index contributed by atoms with van der Waals surface area (Å²) in [5.41, 5.74) is 1.29. The molecule has 28 heavy (non-hydrogen) atoms. The Morgan fingerprint density at radius 3 is 1.75 bits per heavy atom. The average molecular weight is 395 g/mol. The highest BCUT2D eigenvalue weighted by molar-refractivity contribution is 4.98. The van der Waals surface area contributed by atoms with E-state index in [-0.39, 0.29) is 12.1 Å².